The lowest BCUT2D eigenvalue weighted by Gasteiger charge is -2.41. The van der Waals surface area contributed by atoms with Crippen molar-refractivity contribution < 1.29 is 8.42 Å². The van der Waals surface area contributed by atoms with E-state index in [1.807, 2.05) is 32.9 Å². The average Bonchev–Trinajstić information content (AvgIpc) is 2.61. The van der Waals surface area contributed by atoms with Gasteiger partial charge in [-0.2, -0.15) is 0 Å². The normalized spacial score (nSPS) is 25.0. The first-order valence-electron chi connectivity index (χ1n) is 10.3. The zero-order valence-corrected chi connectivity index (χ0v) is 17.5. The smallest absolute Gasteiger partial charge is 0.183 e. The Hall–Kier alpha value is -0.870. The van der Waals surface area contributed by atoms with Crippen LogP contribution in [0, 0.1) is 18.8 Å². The fraction of sp³-hybridized carbons (Fsp3) is 0.727. The molecule has 1 aromatic carbocycles. The Kier molecular flexibility index (Phi) is 6.13. The number of nitrogens with zero attached hydrogens (tertiary/aromatic N) is 1. The van der Waals surface area contributed by atoms with Gasteiger partial charge in [0.05, 0.1) is 9.64 Å². The van der Waals surface area contributed by atoms with Crippen molar-refractivity contribution in [1.29, 1.82) is 0 Å². The van der Waals surface area contributed by atoms with E-state index < -0.39 is 14.6 Å². The van der Waals surface area contributed by atoms with Gasteiger partial charge < -0.3 is 4.90 Å². The van der Waals surface area contributed by atoms with Gasteiger partial charge in [0.1, 0.15) is 0 Å². The predicted octanol–water partition coefficient (Wildman–Crippen LogP) is 4.84. The van der Waals surface area contributed by atoms with E-state index in [9.17, 15) is 8.42 Å². The number of sulfone groups is 1. The molecule has 0 radical (unpaired) electrons. The van der Waals surface area contributed by atoms with E-state index in [0.29, 0.717) is 11.3 Å². The molecule has 1 aliphatic carbocycles. The van der Waals surface area contributed by atoms with Gasteiger partial charge in [0.2, 0.25) is 0 Å². The van der Waals surface area contributed by atoms with Crippen LogP contribution in [0.5, 0.6) is 0 Å². The molecule has 146 valence electrons. The first-order valence-corrected chi connectivity index (χ1v) is 11.8. The van der Waals surface area contributed by atoms with Crippen LogP contribution in [0.3, 0.4) is 0 Å². The fourth-order valence-corrected chi connectivity index (χ4v) is 6.49. The highest BCUT2D eigenvalue weighted by molar-refractivity contribution is 7.92. The van der Waals surface area contributed by atoms with Crippen molar-refractivity contribution in [3.8, 4) is 0 Å². The van der Waals surface area contributed by atoms with Gasteiger partial charge in [-0.15, -0.1) is 0 Å². The third-order valence-corrected chi connectivity index (χ3v) is 9.19. The molecular formula is C22H35NO2S. The summed E-state index contributed by atoms with van der Waals surface area (Å²) in [5, 5.41) is 0. The van der Waals surface area contributed by atoms with Gasteiger partial charge in [-0.1, -0.05) is 31.4 Å². The SMILES string of the molecule is Cc1cccc(S(=O)(=O)C(C)(C)CCCN2CCC3CCCC[C@H]3C2)c1. The molecule has 1 aliphatic heterocycles. The van der Waals surface area contributed by atoms with Crippen LogP contribution >= 0.6 is 0 Å². The summed E-state index contributed by atoms with van der Waals surface area (Å²) >= 11 is 0. The molecule has 0 amide bonds. The Morgan fingerprint density at radius 3 is 2.58 bits per heavy atom. The minimum absolute atomic E-state index is 0.463. The summed E-state index contributed by atoms with van der Waals surface area (Å²) in [6.45, 7) is 9.19. The molecule has 1 unspecified atom stereocenters. The van der Waals surface area contributed by atoms with Crippen molar-refractivity contribution in [2.75, 3.05) is 19.6 Å². The maximum absolute atomic E-state index is 13.1. The number of rotatable bonds is 6. The van der Waals surface area contributed by atoms with Crippen molar-refractivity contribution in [3.05, 3.63) is 29.8 Å². The Bertz CT molecular complexity index is 711. The molecular weight excluding hydrogens is 342 g/mol. The molecule has 26 heavy (non-hydrogen) atoms. The van der Waals surface area contributed by atoms with Crippen LogP contribution in [-0.4, -0.2) is 37.7 Å². The topological polar surface area (TPSA) is 37.4 Å². The van der Waals surface area contributed by atoms with Crippen molar-refractivity contribution >= 4 is 9.84 Å². The highest BCUT2D eigenvalue weighted by Crippen LogP contribution is 2.36. The summed E-state index contributed by atoms with van der Waals surface area (Å²) in [6, 6.07) is 7.32. The van der Waals surface area contributed by atoms with Crippen LogP contribution in [0.25, 0.3) is 0 Å². The van der Waals surface area contributed by atoms with Gasteiger partial charge in [-0.05, 0) is 89.1 Å². The third-order valence-electron chi connectivity index (χ3n) is 6.66. The molecule has 1 saturated carbocycles. The molecule has 2 atom stereocenters. The second-order valence-electron chi connectivity index (χ2n) is 9.08. The largest absolute Gasteiger partial charge is 0.303 e. The van der Waals surface area contributed by atoms with Crippen LogP contribution in [0.4, 0.5) is 0 Å². The van der Waals surface area contributed by atoms with Gasteiger partial charge in [0, 0.05) is 6.54 Å². The molecule has 0 spiro atoms. The van der Waals surface area contributed by atoms with Crippen LogP contribution in [0.2, 0.25) is 0 Å². The van der Waals surface area contributed by atoms with E-state index >= 15 is 0 Å². The van der Waals surface area contributed by atoms with Gasteiger partial charge >= 0.3 is 0 Å². The van der Waals surface area contributed by atoms with Gasteiger partial charge in [0.25, 0.3) is 0 Å². The molecule has 0 N–H and O–H groups in total. The van der Waals surface area contributed by atoms with E-state index in [4.69, 9.17) is 0 Å². The summed E-state index contributed by atoms with van der Waals surface area (Å²) in [5.41, 5.74) is 0.997. The zero-order valence-electron chi connectivity index (χ0n) is 16.7. The summed E-state index contributed by atoms with van der Waals surface area (Å²) in [5.74, 6) is 1.85. The van der Waals surface area contributed by atoms with Gasteiger partial charge in [-0.3, -0.25) is 0 Å². The summed E-state index contributed by atoms with van der Waals surface area (Å²) in [7, 11) is -3.30. The summed E-state index contributed by atoms with van der Waals surface area (Å²) < 4.78 is 25.4. The molecule has 3 rings (SSSR count). The second kappa shape index (κ2) is 8.02. The Morgan fingerprint density at radius 2 is 1.85 bits per heavy atom. The van der Waals surface area contributed by atoms with Crippen molar-refractivity contribution in [2.45, 2.75) is 75.4 Å². The minimum atomic E-state index is -3.30. The molecule has 2 fully saturated rings. The highest BCUT2D eigenvalue weighted by atomic mass is 32.2. The monoisotopic (exact) mass is 377 g/mol. The second-order valence-corrected chi connectivity index (χ2v) is 11.7. The molecule has 1 aromatic rings. The maximum atomic E-state index is 13.1. The lowest BCUT2D eigenvalue weighted by Crippen LogP contribution is -2.42. The molecule has 1 saturated heterocycles. The van der Waals surface area contributed by atoms with Crippen molar-refractivity contribution in [3.63, 3.8) is 0 Å². The van der Waals surface area contributed by atoms with E-state index in [1.165, 1.54) is 45.2 Å². The number of hydrogen-bond acceptors (Lipinski definition) is 3. The summed E-state index contributed by atoms with van der Waals surface area (Å²) in [4.78, 5) is 3.05. The van der Waals surface area contributed by atoms with Crippen LogP contribution in [0.1, 0.15) is 64.4 Å². The summed E-state index contributed by atoms with van der Waals surface area (Å²) in [6.07, 6.45) is 8.66. The Balaban J connectivity index is 1.55. The third kappa shape index (κ3) is 4.33. The van der Waals surface area contributed by atoms with E-state index in [1.54, 1.807) is 12.1 Å². The van der Waals surface area contributed by atoms with Crippen LogP contribution in [0.15, 0.2) is 29.2 Å². The Morgan fingerprint density at radius 1 is 1.12 bits per heavy atom. The number of hydrogen-bond donors (Lipinski definition) is 0. The molecule has 0 aromatic heterocycles. The number of piperidine rings is 1. The first-order chi connectivity index (χ1) is 12.3. The number of aryl methyl sites for hydroxylation is 1. The standard InChI is InChI=1S/C22H35NO2S/c1-18-8-6-11-21(16-18)26(24,25)22(2,3)13-7-14-23-15-12-19-9-4-5-10-20(19)17-23/h6,8,11,16,19-20H,4-5,7,9-10,12-15,17H2,1-3H3/t19?,20-/m0/s1. The lowest BCUT2D eigenvalue weighted by molar-refractivity contribution is 0.0853. The Labute approximate surface area is 160 Å². The quantitative estimate of drug-likeness (QED) is 0.712. The van der Waals surface area contributed by atoms with Gasteiger partial charge in [-0.25, -0.2) is 8.42 Å². The zero-order chi connectivity index (χ0) is 18.8. The predicted molar refractivity (Wildman–Crippen MR) is 108 cm³/mol. The number of fused-ring (bicyclic) bond motifs is 1. The molecule has 3 nitrogen and oxygen atoms in total. The highest BCUT2D eigenvalue weighted by Gasteiger charge is 2.36. The lowest BCUT2D eigenvalue weighted by atomic mass is 9.75. The molecule has 1 heterocycles. The molecule has 2 aliphatic rings. The maximum Gasteiger partial charge on any atom is 0.183 e. The van der Waals surface area contributed by atoms with Crippen molar-refractivity contribution in [1.82, 2.24) is 4.90 Å². The van der Waals surface area contributed by atoms with E-state index in [-0.39, 0.29) is 0 Å². The first kappa shape index (κ1) is 19.9. The van der Waals surface area contributed by atoms with Crippen LogP contribution < -0.4 is 0 Å². The van der Waals surface area contributed by atoms with E-state index in [0.717, 1.165) is 30.4 Å². The van der Waals surface area contributed by atoms with Crippen molar-refractivity contribution in [2.24, 2.45) is 11.8 Å². The average molecular weight is 378 g/mol. The minimum Gasteiger partial charge on any atom is -0.303 e. The number of likely N-dealkylation sites (tertiary alicyclic amines) is 1. The fourth-order valence-electron chi connectivity index (χ4n) is 4.84. The van der Waals surface area contributed by atoms with Gasteiger partial charge in [0.15, 0.2) is 9.84 Å². The van der Waals surface area contributed by atoms with Crippen LogP contribution in [-0.2, 0) is 9.84 Å². The van der Waals surface area contributed by atoms with E-state index in [2.05, 4.69) is 4.90 Å². The molecule has 4 heteroatoms. The number of benzene rings is 1. The molecule has 0 bridgehead atoms.